The van der Waals surface area contributed by atoms with Crippen LogP contribution in [0.3, 0.4) is 0 Å². The van der Waals surface area contributed by atoms with E-state index in [1.807, 2.05) is 34.6 Å². The number of nitrogens with one attached hydrogen (secondary N) is 2. The lowest BCUT2D eigenvalue weighted by Gasteiger charge is -2.28. The van der Waals surface area contributed by atoms with E-state index in [1.165, 1.54) is 11.1 Å². The molecule has 0 saturated heterocycles. The van der Waals surface area contributed by atoms with Gasteiger partial charge in [0.1, 0.15) is 5.60 Å². The predicted octanol–water partition coefficient (Wildman–Crippen LogP) is 4.15. The second-order valence-electron chi connectivity index (χ2n) is 7.19. The fourth-order valence-corrected chi connectivity index (χ4v) is 2.43. The van der Waals surface area contributed by atoms with Gasteiger partial charge in [0.15, 0.2) is 0 Å². The fourth-order valence-electron chi connectivity index (χ4n) is 1.80. The van der Waals surface area contributed by atoms with E-state index >= 15 is 0 Å². The van der Waals surface area contributed by atoms with Gasteiger partial charge in [-0.3, -0.25) is 0 Å². The van der Waals surface area contributed by atoms with Crippen LogP contribution < -0.4 is 10.6 Å². The van der Waals surface area contributed by atoms with Gasteiger partial charge in [-0.1, -0.05) is 28.1 Å². The van der Waals surface area contributed by atoms with E-state index in [1.54, 1.807) is 0 Å². The number of halogens is 1. The van der Waals surface area contributed by atoms with Crippen LogP contribution in [0, 0.1) is 6.92 Å². The van der Waals surface area contributed by atoms with Crippen LogP contribution in [0.4, 0.5) is 4.79 Å². The molecule has 0 unspecified atom stereocenters. The number of hydrogen-bond donors (Lipinski definition) is 2. The Morgan fingerprint density at radius 2 is 1.86 bits per heavy atom. The second-order valence-corrected chi connectivity index (χ2v) is 8.04. The number of carbonyl (C=O) groups is 1. The molecule has 2 N–H and O–H groups in total. The Kier molecular flexibility index (Phi) is 6.44. The first kappa shape index (κ1) is 19.0. The summed E-state index contributed by atoms with van der Waals surface area (Å²) in [7, 11) is 0. The van der Waals surface area contributed by atoms with E-state index in [9.17, 15) is 4.79 Å². The monoisotopic (exact) mass is 370 g/mol. The van der Waals surface area contributed by atoms with Gasteiger partial charge in [-0.15, -0.1) is 0 Å². The zero-order chi connectivity index (χ0) is 17.0. The lowest BCUT2D eigenvalue weighted by Crippen LogP contribution is -2.49. The van der Waals surface area contributed by atoms with Gasteiger partial charge < -0.3 is 15.4 Å². The number of benzene rings is 1. The molecule has 0 aliphatic rings. The summed E-state index contributed by atoms with van der Waals surface area (Å²) in [5.41, 5.74) is 1.70. The number of ether oxygens (including phenoxy) is 1. The van der Waals surface area contributed by atoms with Crippen molar-refractivity contribution < 1.29 is 9.53 Å². The molecule has 5 heteroatoms. The van der Waals surface area contributed by atoms with Crippen molar-refractivity contribution in [1.29, 1.82) is 0 Å². The summed E-state index contributed by atoms with van der Waals surface area (Å²) >= 11 is 3.58. The molecule has 0 bridgehead atoms. The summed E-state index contributed by atoms with van der Waals surface area (Å²) in [5, 5.41) is 6.26. The molecule has 22 heavy (non-hydrogen) atoms. The van der Waals surface area contributed by atoms with Gasteiger partial charge >= 0.3 is 6.09 Å². The lowest BCUT2D eigenvalue weighted by atomic mass is 10.0. The maximum absolute atomic E-state index is 11.7. The Hall–Kier alpha value is -1.07. The average molecular weight is 371 g/mol. The minimum Gasteiger partial charge on any atom is -0.444 e. The number of alkyl carbamates (subject to hydrolysis) is 1. The van der Waals surface area contributed by atoms with Crippen molar-refractivity contribution in [2.24, 2.45) is 0 Å². The number of carbonyl (C=O) groups excluding carboxylic acids is 1. The first-order valence-corrected chi connectivity index (χ1v) is 8.25. The number of amides is 1. The zero-order valence-electron chi connectivity index (χ0n) is 14.3. The summed E-state index contributed by atoms with van der Waals surface area (Å²) in [6.45, 7) is 12.9. The zero-order valence-corrected chi connectivity index (χ0v) is 15.9. The normalized spacial score (nSPS) is 12.1. The Labute approximate surface area is 142 Å². The fraction of sp³-hybridized carbons (Fsp3) is 0.588. The lowest BCUT2D eigenvalue weighted by molar-refractivity contribution is 0.0513. The van der Waals surface area contributed by atoms with Gasteiger partial charge in [0.25, 0.3) is 0 Å². The van der Waals surface area contributed by atoms with Gasteiger partial charge in [0.05, 0.1) is 0 Å². The first-order valence-electron chi connectivity index (χ1n) is 7.45. The molecule has 0 saturated carbocycles. The molecule has 0 aliphatic carbocycles. The van der Waals surface area contributed by atoms with Crippen molar-refractivity contribution in [2.75, 3.05) is 6.54 Å². The van der Waals surface area contributed by atoms with E-state index in [-0.39, 0.29) is 11.6 Å². The number of rotatable bonds is 5. The topological polar surface area (TPSA) is 50.4 Å². The minimum atomic E-state index is -0.478. The van der Waals surface area contributed by atoms with E-state index in [0.29, 0.717) is 6.54 Å². The molecule has 0 atom stereocenters. The highest BCUT2D eigenvalue weighted by Gasteiger charge is 2.21. The second kappa shape index (κ2) is 7.47. The average Bonchev–Trinajstić information content (AvgIpc) is 2.33. The molecule has 0 aromatic heterocycles. The highest BCUT2D eigenvalue weighted by atomic mass is 79.9. The molecular weight excluding hydrogens is 344 g/mol. The van der Waals surface area contributed by atoms with Crippen molar-refractivity contribution in [3.63, 3.8) is 0 Å². The first-order chi connectivity index (χ1) is 9.98. The molecule has 1 aromatic carbocycles. The molecule has 0 spiro atoms. The molecule has 1 amide bonds. The third-order valence-electron chi connectivity index (χ3n) is 3.04. The summed E-state index contributed by atoms with van der Waals surface area (Å²) in [5.74, 6) is 0. The van der Waals surface area contributed by atoms with Gasteiger partial charge in [-0.25, -0.2) is 4.79 Å². The molecule has 4 nitrogen and oxygen atoms in total. The molecule has 0 aliphatic heterocycles. The number of aryl methyl sites for hydroxylation is 1. The molecular formula is C17H27BrN2O2. The smallest absolute Gasteiger partial charge is 0.407 e. The van der Waals surface area contributed by atoms with Crippen LogP contribution in [0.2, 0.25) is 0 Å². The summed E-state index contributed by atoms with van der Waals surface area (Å²) in [6, 6.07) is 6.29. The molecule has 0 fully saturated rings. The van der Waals surface area contributed by atoms with Crippen molar-refractivity contribution in [2.45, 2.75) is 59.2 Å². The van der Waals surface area contributed by atoms with Crippen LogP contribution in [-0.2, 0) is 11.3 Å². The highest BCUT2D eigenvalue weighted by molar-refractivity contribution is 9.10. The third kappa shape index (κ3) is 7.27. The van der Waals surface area contributed by atoms with Crippen molar-refractivity contribution >= 4 is 22.0 Å². The van der Waals surface area contributed by atoms with Crippen LogP contribution in [0.1, 0.15) is 45.7 Å². The van der Waals surface area contributed by atoms with Gasteiger partial charge in [0.2, 0.25) is 0 Å². The number of hydrogen-bond acceptors (Lipinski definition) is 3. The van der Waals surface area contributed by atoms with E-state index in [4.69, 9.17) is 4.74 Å². The summed E-state index contributed by atoms with van der Waals surface area (Å²) in [4.78, 5) is 11.7. The Bertz CT molecular complexity index is 522. The highest BCUT2D eigenvalue weighted by Crippen LogP contribution is 2.19. The van der Waals surface area contributed by atoms with Gasteiger partial charge in [-0.05, 0) is 58.7 Å². The quantitative estimate of drug-likeness (QED) is 0.818. The predicted molar refractivity (Wildman–Crippen MR) is 94.0 cm³/mol. The van der Waals surface area contributed by atoms with E-state index < -0.39 is 5.60 Å². The Morgan fingerprint density at radius 3 is 2.41 bits per heavy atom. The van der Waals surface area contributed by atoms with Crippen LogP contribution in [0.25, 0.3) is 0 Å². The Morgan fingerprint density at radius 1 is 1.23 bits per heavy atom. The molecule has 1 aromatic rings. The maximum atomic E-state index is 11.7. The SMILES string of the molecule is Cc1ccc(CNC(C)(C)CNC(=O)OC(C)(C)C)c(Br)c1. The van der Waals surface area contributed by atoms with Crippen LogP contribution in [0.5, 0.6) is 0 Å². The van der Waals surface area contributed by atoms with Crippen LogP contribution >= 0.6 is 15.9 Å². The summed E-state index contributed by atoms with van der Waals surface area (Å²) in [6.07, 6.45) is -0.390. The summed E-state index contributed by atoms with van der Waals surface area (Å²) < 4.78 is 6.34. The third-order valence-corrected chi connectivity index (χ3v) is 3.78. The standard InChI is InChI=1S/C17H27BrN2O2/c1-12-7-8-13(14(18)9-12)10-20-17(5,6)11-19-15(21)22-16(2,3)4/h7-9,20H,10-11H2,1-6H3,(H,19,21). The minimum absolute atomic E-state index is 0.235. The van der Waals surface area contributed by atoms with Crippen molar-refractivity contribution in [3.05, 3.63) is 33.8 Å². The van der Waals surface area contributed by atoms with Gasteiger partial charge in [-0.2, -0.15) is 0 Å². The maximum Gasteiger partial charge on any atom is 0.407 e. The van der Waals surface area contributed by atoms with E-state index in [2.05, 4.69) is 51.7 Å². The molecule has 0 heterocycles. The Balaban J connectivity index is 2.48. The van der Waals surface area contributed by atoms with Gasteiger partial charge in [0, 0.05) is 23.1 Å². The van der Waals surface area contributed by atoms with Crippen LogP contribution in [-0.4, -0.2) is 23.8 Å². The van der Waals surface area contributed by atoms with Crippen molar-refractivity contribution in [1.82, 2.24) is 10.6 Å². The molecule has 1 rings (SSSR count). The van der Waals surface area contributed by atoms with Crippen molar-refractivity contribution in [3.8, 4) is 0 Å². The molecule has 124 valence electrons. The largest absolute Gasteiger partial charge is 0.444 e. The van der Waals surface area contributed by atoms with E-state index in [0.717, 1.165) is 11.0 Å². The molecule has 0 radical (unpaired) electrons. The van der Waals surface area contributed by atoms with Crippen LogP contribution in [0.15, 0.2) is 22.7 Å².